The lowest BCUT2D eigenvalue weighted by molar-refractivity contribution is 0.102. The number of hydrogen-bond donors (Lipinski definition) is 2. The maximum atomic E-state index is 12.4. The number of benzene rings is 2. The summed E-state index contributed by atoms with van der Waals surface area (Å²) >= 11 is 7.25. The van der Waals surface area contributed by atoms with Gasteiger partial charge >= 0.3 is 0 Å². The highest BCUT2D eigenvalue weighted by atomic mass is 35.5. The van der Waals surface area contributed by atoms with Crippen LogP contribution in [0.2, 0.25) is 5.02 Å². The monoisotopic (exact) mass is 421 g/mol. The van der Waals surface area contributed by atoms with Gasteiger partial charge in [0, 0.05) is 27.3 Å². The lowest BCUT2D eigenvalue weighted by Crippen LogP contribution is -2.15. The largest absolute Gasteiger partial charge is 0.321 e. The molecule has 0 atom stereocenters. The summed E-state index contributed by atoms with van der Waals surface area (Å²) in [7, 11) is -3.33. The third kappa shape index (κ3) is 5.06. The average Bonchev–Trinajstić information content (AvgIpc) is 3.14. The standard InChI is InChI=1S/C18H16ClN3O3S2/c1-2-27(24,25)22-15-9-7-14(8-10-15)20-17(23)16-11-26-18(21-16)12-3-5-13(19)6-4-12/h3-11,22H,2H2,1H3,(H,20,23). The Balaban J connectivity index is 1.68. The molecule has 0 saturated heterocycles. The molecule has 140 valence electrons. The van der Waals surface area contributed by atoms with Crippen molar-refractivity contribution in [2.24, 2.45) is 0 Å². The highest BCUT2D eigenvalue weighted by molar-refractivity contribution is 7.92. The zero-order valence-corrected chi connectivity index (χ0v) is 16.7. The molecule has 0 bridgehead atoms. The number of carbonyl (C=O) groups excluding carboxylic acids is 1. The van der Waals surface area contributed by atoms with Crippen LogP contribution in [0, 0.1) is 0 Å². The van der Waals surface area contributed by atoms with Gasteiger partial charge in [0.2, 0.25) is 10.0 Å². The van der Waals surface area contributed by atoms with E-state index in [1.807, 2.05) is 12.1 Å². The van der Waals surface area contributed by atoms with E-state index in [0.717, 1.165) is 10.6 Å². The van der Waals surface area contributed by atoms with E-state index in [1.165, 1.54) is 11.3 Å². The summed E-state index contributed by atoms with van der Waals surface area (Å²) in [6, 6.07) is 13.7. The first-order valence-corrected chi connectivity index (χ1v) is 10.9. The van der Waals surface area contributed by atoms with Crippen molar-refractivity contribution < 1.29 is 13.2 Å². The number of nitrogens with one attached hydrogen (secondary N) is 2. The molecule has 6 nitrogen and oxygen atoms in total. The van der Waals surface area contributed by atoms with Crippen LogP contribution in [0.1, 0.15) is 17.4 Å². The van der Waals surface area contributed by atoms with E-state index in [-0.39, 0.29) is 11.7 Å². The van der Waals surface area contributed by atoms with E-state index in [0.29, 0.717) is 22.1 Å². The first kappa shape index (κ1) is 19.3. The SMILES string of the molecule is CCS(=O)(=O)Nc1ccc(NC(=O)c2csc(-c3ccc(Cl)cc3)n2)cc1. The highest BCUT2D eigenvalue weighted by Crippen LogP contribution is 2.25. The first-order valence-electron chi connectivity index (χ1n) is 7.99. The Bertz CT molecular complexity index is 1050. The Morgan fingerprint density at radius 3 is 2.33 bits per heavy atom. The van der Waals surface area contributed by atoms with Crippen molar-refractivity contribution in [2.75, 3.05) is 15.8 Å². The lowest BCUT2D eigenvalue weighted by atomic mass is 10.2. The predicted octanol–water partition coefficient (Wildman–Crippen LogP) is 4.48. The van der Waals surface area contributed by atoms with Gasteiger partial charge in [0.1, 0.15) is 10.7 Å². The minimum Gasteiger partial charge on any atom is -0.321 e. The van der Waals surface area contributed by atoms with E-state index in [4.69, 9.17) is 11.6 Å². The Labute approximate surface area is 166 Å². The molecular weight excluding hydrogens is 406 g/mol. The summed E-state index contributed by atoms with van der Waals surface area (Å²) in [4.78, 5) is 16.7. The topological polar surface area (TPSA) is 88.2 Å². The number of halogens is 1. The van der Waals surface area contributed by atoms with Crippen molar-refractivity contribution in [1.29, 1.82) is 0 Å². The number of rotatable bonds is 6. The summed E-state index contributed by atoms with van der Waals surface area (Å²) in [5, 5.41) is 5.79. The summed E-state index contributed by atoms with van der Waals surface area (Å²) in [6.07, 6.45) is 0. The lowest BCUT2D eigenvalue weighted by Gasteiger charge is -2.07. The van der Waals surface area contributed by atoms with Gasteiger partial charge in [-0.05, 0) is 43.3 Å². The van der Waals surface area contributed by atoms with E-state index in [1.54, 1.807) is 48.7 Å². The van der Waals surface area contributed by atoms with Gasteiger partial charge in [0.25, 0.3) is 5.91 Å². The average molecular weight is 422 g/mol. The number of hydrogen-bond acceptors (Lipinski definition) is 5. The number of nitrogens with zero attached hydrogens (tertiary/aromatic N) is 1. The third-order valence-electron chi connectivity index (χ3n) is 3.62. The molecule has 3 aromatic rings. The minimum atomic E-state index is -3.33. The van der Waals surface area contributed by atoms with Gasteiger partial charge in [-0.3, -0.25) is 9.52 Å². The molecule has 2 N–H and O–H groups in total. The van der Waals surface area contributed by atoms with E-state index >= 15 is 0 Å². The van der Waals surface area contributed by atoms with Gasteiger partial charge in [0.05, 0.1) is 5.75 Å². The molecule has 1 heterocycles. The van der Waals surface area contributed by atoms with Crippen LogP contribution in [0.4, 0.5) is 11.4 Å². The van der Waals surface area contributed by atoms with Crippen molar-refractivity contribution in [2.45, 2.75) is 6.92 Å². The Morgan fingerprint density at radius 2 is 1.70 bits per heavy atom. The van der Waals surface area contributed by atoms with Crippen LogP contribution in [0.25, 0.3) is 10.6 Å². The quantitative estimate of drug-likeness (QED) is 0.614. The molecule has 9 heteroatoms. The van der Waals surface area contributed by atoms with E-state index in [2.05, 4.69) is 15.0 Å². The Hall–Kier alpha value is -2.42. The fraction of sp³-hybridized carbons (Fsp3) is 0.111. The number of anilines is 2. The summed E-state index contributed by atoms with van der Waals surface area (Å²) in [5.74, 6) is -0.348. The number of aromatic nitrogens is 1. The maximum absolute atomic E-state index is 12.4. The first-order chi connectivity index (χ1) is 12.9. The second-order valence-corrected chi connectivity index (χ2v) is 8.89. The number of carbonyl (C=O) groups is 1. The van der Waals surface area contributed by atoms with Gasteiger partial charge in [-0.15, -0.1) is 11.3 Å². The van der Waals surface area contributed by atoms with E-state index in [9.17, 15) is 13.2 Å². The van der Waals surface area contributed by atoms with Crippen LogP contribution >= 0.6 is 22.9 Å². The van der Waals surface area contributed by atoms with Gasteiger partial charge in [-0.1, -0.05) is 23.7 Å². The van der Waals surface area contributed by atoms with Gasteiger partial charge in [0.15, 0.2) is 0 Å². The van der Waals surface area contributed by atoms with Crippen molar-refractivity contribution in [1.82, 2.24) is 4.98 Å². The number of amides is 1. The van der Waals surface area contributed by atoms with Crippen LogP contribution in [0.15, 0.2) is 53.9 Å². The van der Waals surface area contributed by atoms with Crippen molar-refractivity contribution in [3.8, 4) is 10.6 Å². The molecule has 0 aliphatic carbocycles. The minimum absolute atomic E-state index is 0.00866. The van der Waals surface area contributed by atoms with E-state index < -0.39 is 10.0 Å². The zero-order chi connectivity index (χ0) is 19.4. The Kier molecular flexibility index (Phi) is 5.79. The van der Waals surface area contributed by atoms with Crippen LogP contribution < -0.4 is 10.0 Å². The van der Waals surface area contributed by atoms with Crippen LogP contribution in [0.5, 0.6) is 0 Å². The molecule has 1 aromatic heterocycles. The summed E-state index contributed by atoms with van der Waals surface area (Å²) in [5.41, 5.74) is 2.17. The Morgan fingerprint density at radius 1 is 1.07 bits per heavy atom. The molecule has 27 heavy (non-hydrogen) atoms. The van der Waals surface area contributed by atoms with Crippen molar-refractivity contribution in [3.05, 3.63) is 64.6 Å². The smallest absolute Gasteiger partial charge is 0.275 e. The zero-order valence-electron chi connectivity index (χ0n) is 14.3. The molecule has 0 aliphatic heterocycles. The third-order valence-corrected chi connectivity index (χ3v) is 6.07. The summed E-state index contributed by atoms with van der Waals surface area (Å²) in [6.45, 7) is 1.56. The van der Waals surface area contributed by atoms with Crippen molar-refractivity contribution >= 4 is 50.2 Å². The molecule has 3 rings (SSSR count). The van der Waals surface area contributed by atoms with Crippen molar-refractivity contribution in [3.63, 3.8) is 0 Å². The van der Waals surface area contributed by atoms with Crippen LogP contribution in [-0.4, -0.2) is 25.1 Å². The molecule has 0 fully saturated rings. The second-order valence-electron chi connectivity index (χ2n) is 5.58. The van der Waals surface area contributed by atoms with Gasteiger partial charge < -0.3 is 5.32 Å². The molecule has 0 spiro atoms. The fourth-order valence-corrected chi connectivity index (χ4v) is 3.74. The molecule has 0 unspecified atom stereocenters. The maximum Gasteiger partial charge on any atom is 0.275 e. The number of thiazole rings is 1. The summed E-state index contributed by atoms with van der Waals surface area (Å²) < 4.78 is 25.6. The van der Waals surface area contributed by atoms with Gasteiger partial charge in [-0.2, -0.15) is 0 Å². The highest BCUT2D eigenvalue weighted by Gasteiger charge is 2.13. The molecule has 1 amide bonds. The molecule has 0 aliphatic rings. The fourth-order valence-electron chi connectivity index (χ4n) is 2.17. The van der Waals surface area contributed by atoms with Gasteiger partial charge in [-0.25, -0.2) is 13.4 Å². The molecule has 0 radical (unpaired) electrons. The molecule has 2 aromatic carbocycles. The van der Waals surface area contributed by atoms with Crippen LogP contribution in [-0.2, 0) is 10.0 Å². The number of sulfonamides is 1. The molecular formula is C18H16ClN3O3S2. The molecule has 0 saturated carbocycles. The normalized spacial score (nSPS) is 11.2. The second kappa shape index (κ2) is 8.08. The van der Waals surface area contributed by atoms with Crippen LogP contribution in [0.3, 0.4) is 0 Å². The predicted molar refractivity (Wildman–Crippen MR) is 110 cm³/mol.